The van der Waals surface area contributed by atoms with Gasteiger partial charge in [-0.2, -0.15) is 0 Å². The quantitative estimate of drug-likeness (QED) is 0.222. The van der Waals surface area contributed by atoms with Crippen LogP contribution in [0.2, 0.25) is 0 Å². The predicted molar refractivity (Wildman–Crippen MR) is 188 cm³/mol. The van der Waals surface area contributed by atoms with Crippen molar-refractivity contribution < 1.29 is 0 Å². The minimum atomic E-state index is 0.656. The van der Waals surface area contributed by atoms with Crippen LogP contribution in [0.5, 0.6) is 0 Å². The average molecular weight is 547 g/mol. The molecule has 1 unspecified atom stereocenters. The van der Waals surface area contributed by atoms with E-state index in [0.29, 0.717) is 5.92 Å². The lowest BCUT2D eigenvalue weighted by atomic mass is 9.93. The van der Waals surface area contributed by atoms with Crippen molar-refractivity contribution in [2.24, 2.45) is 10.9 Å². The fraction of sp³-hybridized carbons (Fsp3) is 0.703. The van der Waals surface area contributed by atoms with Crippen molar-refractivity contribution in [2.75, 3.05) is 19.8 Å². The Bertz CT molecular complexity index is 624. The zero-order chi connectivity index (χ0) is 31.5. The predicted octanol–water partition coefficient (Wildman–Crippen LogP) is 12.4. The van der Waals surface area contributed by atoms with E-state index >= 15 is 0 Å². The van der Waals surface area contributed by atoms with Gasteiger partial charge in [0.2, 0.25) is 0 Å². The first kappa shape index (κ1) is 47.1. The van der Waals surface area contributed by atoms with Crippen molar-refractivity contribution in [1.82, 2.24) is 4.90 Å². The number of aryl methyl sites for hydroxylation is 3. The van der Waals surface area contributed by atoms with Crippen molar-refractivity contribution in [3.63, 3.8) is 0 Å². The van der Waals surface area contributed by atoms with Gasteiger partial charge in [-0.3, -0.25) is 9.89 Å². The fourth-order valence-electron chi connectivity index (χ4n) is 3.63. The third-order valence-electron chi connectivity index (χ3n) is 5.79. The van der Waals surface area contributed by atoms with Gasteiger partial charge in [-0.25, -0.2) is 0 Å². The maximum absolute atomic E-state index is 4.88. The third kappa shape index (κ3) is 29.1. The zero-order valence-electron chi connectivity index (χ0n) is 29.6. The Kier molecular flexibility index (Phi) is 49.3. The van der Waals surface area contributed by atoms with Crippen LogP contribution in [0.15, 0.2) is 48.5 Å². The van der Waals surface area contributed by atoms with Crippen molar-refractivity contribution in [3.05, 3.63) is 60.2 Å². The van der Waals surface area contributed by atoms with E-state index < -0.39 is 0 Å². The molecule has 0 spiro atoms. The van der Waals surface area contributed by atoms with E-state index in [0.717, 1.165) is 13.1 Å². The van der Waals surface area contributed by atoms with Crippen LogP contribution in [-0.4, -0.2) is 30.4 Å². The molecule has 0 radical (unpaired) electrons. The van der Waals surface area contributed by atoms with Crippen molar-refractivity contribution >= 4 is 5.71 Å². The van der Waals surface area contributed by atoms with Crippen LogP contribution in [0.1, 0.15) is 145 Å². The van der Waals surface area contributed by atoms with E-state index in [9.17, 15) is 0 Å². The highest BCUT2D eigenvalue weighted by Crippen LogP contribution is 2.17. The first-order chi connectivity index (χ1) is 19.0. The fourth-order valence-corrected chi connectivity index (χ4v) is 3.63. The lowest BCUT2D eigenvalue weighted by molar-refractivity contribution is 0.350. The second-order valence-corrected chi connectivity index (χ2v) is 8.78. The Labute approximate surface area is 249 Å². The molecule has 1 aliphatic rings. The first-order valence-corrected chi connectivity index (χ1v) is 16.4. The largest absolute Gasteiger partial charge is 0.284 e. The van der Waals surface area contributed by atoms with Gasteiger partial charge < -0.3 is 0 Å². The number of unbranched alkanes of at least 4 members (excludes halogenated alkanes) is 1. The molecule has 1 saturated heterocycles. The number of allylic oxidation sites excluding steroid dienone is 2. The number of hydrogen-bond acceptors (Lipinski definition) is 2. The van der Waals surface area contributed by atoms with E-state index in [-0.39, 0.29) is 0 Å². The van der Waals surface area contributed by atoms with Gasteiger partial charge in [0, 0.05) is 11.6 Å². The van der Waals surface area contributed by atoms with Gasteiger partial charge in [-0.1, -0.05) is 120 Å². The molecular formula is C37H74N2. The Morgan fingerprint density at radius 1 is 0.897 bits per heavy atom. The summed E-state index contributed by atoms with van der Waals surface area (Å²) in [6.07, 6.45) is 14.5. The molecule has 0 aromatic heterocycles. The van der Waals surface area contributed by atoms with Crippen LogP contribution in [0.25, 0.3) is 0 Å². The summed E-state index contributed by atoms with van der Waals surface area (Å²) in [4.78, 5) is 7.34. The molecule has 1 aliphatic heterocycles. The number of rotatable bonds is 9. The van der Waals surface area contributed by atoms with E-state index in [1.54, 1.807) is 0 Å². The van der Waals surface area contributed by atoms with Crippen LogP contribution in [0.3, 0.4) is 0 Å². The summed E-state index contributed by atoms with van der Waals surface area (Å²) in [6, 6.07) is 6.64. The van der Waals surface area contributed by atoms with Gasteiger partial charge in [0.05, 0.1) is 6.67 Å². The molecule has 1 aromatic carbocycles. The van der Waals surface area contributed by atoms with Crippen LogP contribution in [0, 0.1) is 19.8 Å². The molecule has 39 heavy (non-hydrogen) atoms. The number of likely N-dealkylation sites (tertiary alicyclic amines) is 1. The van der Waals surface area contributed by atoms with Gasteiger partial charge in [0.25, 0.3) is 0 Å². The normalized spacial score (nSPS) is 12.7. The lowest BCUT2D eigenvalue weighted by Gasteiger charge is -2.17. The average Bonchev–Trinajstić information content (AvgIpc) is 3.52. The number of aliphatic imine (C=N–C) groups is 1. The molecule has 0 bridgehead atoms. The van der Waals surface area contributed by atoms with Gasteiger partial charge in [0.1, 0.15) is 0 Å². The van der Waals surface area contributed by atoms with E-state index in [1.807, 2.05) is 41.5 Å². The summed E-state index contributed by atoms with van der Waals surface area (Å²) in [7, 11) is 0. The smallest absolute Gasteiger partial charge is 0.0912 e. The number of benzene rings is 1. The first-order valence-electron chi connectivity index (χ1n) is 16.4. The zero-order valence-corrected chi connectivity index (χ0v) is 29.6. The molecule has 0 N–H and O–H groups in total. The SMILES string of the molecule is C/C=C\C(=N/CN1CCCC1)C(CC)CCCC.C=C.CC.CC.CC.CCC.CCc1ccc(C)c(C)c1. The highest BCUT2D eigenvalue weighted by molar-refractivity contribution is 5.96. The molecular weight excluding hydrogens is 472 g/mol. The van der Waals surface area contributed by atoms with Crippen molar-refractivity contribution in [3.8, 4) is 0 Å². The number of nitrogens with zero attached hydrogens (tertiary/aromatic N) is 2. The topological polar surface area (TPSA) is 15.6 Å². The van der Waals surface area contributed by atoms with Gasteiger partial charge in [-0.05, 0) is 88.7 Å². The Balaban J connectivity index is -0.000000155. The van der Waals surface area contributed by atoms with E-state index in [1.165, 1.54) is 80.4 Å². The summed E-state index contributed by atoms with van der Waals surface area (Å²) in [5.41, 5.74) is 5.54. The number of hydrogen-bond donors (Lipinski definition) is 0. The molecule has 0 amide bonds. The highest BCUT2D eigenvalue weighted by Gasteiger charge is 2.13. The Morgan fingerprint density at radius 2 is 1.41 bits per heavy atom. The van der Waals surface area contributed by atoms with Gasteiger partial charge >= 0.3 is 0 Å². The highest BCUT2D eigenvalue weighted by atomic mass is 15.2. The minimum absolute atomic E-state index is 0.656. The summed E-state index contributed by atoms with van der Waals surface area (Å²) in [6.45, 7) is 38.8. The lowest BCUT2D eigenvalue weighted by Crippen LogP contribution is -2.21. The molecule has 1 aromatic rings. The molecule has 232 valence electrons. The maximum Gasteiger partial charge on any atom is 0.0912 e. The minimum Gasteiger partial charge on any atom is -0.284 e. The summed E-state index contributed by atoms with van der Waals surface area (Å²) in [5.74, 6) is 0.656. The molecule has 2 rings (SSSR count). The van der Waals surface area contributed by atoms with Crippen molar-refractivity contribution in [2.45, 2.75) is 148 Å². The third-order valence-corrected chi connectivity index (χ3v) is 5.79. The Morgan fingerprint density at radius 3 is 1.79 bits per heavy atom. The molecule has 1 fully saturated rings. The summed E-state index contributed by atoms with van der Waals surface area (Å²) in [5, 5.41) is 0. The summed E-state index contributed by atoms with van der Waals surface area (Å²) >= 11 is 0. The summed E-state index contributed by atoms with van der Waals surface area (Å²) < 4.78 is 0. The second-order valence-electron chi connectivity index (χ2n) is 8.78. The standard InChI is InChI=1S/C16H30N2.C10H14.C3H8.3C2H6.C2H4/c1-4-7-11-15(6-3)16(10-5-2)17-14-18-12-8-9-13-18;1-4-10-6-5-8(2)9(3)7-10;1-3-2;4*1-2/h5,10,15H,4,6-9,11-14H2,1-3H3;5-7H,4H2,1-3H3;3H2,1-2H3;3*1-2H3;1-2H2/b10-5-,17-16+;;;;;;. The van der Waals surface area contributed by atoms with Crippen LogP contribution >= 0.6 is 0 Å². The molecule has 0 saturated carbocycles. The van der Waals surface area contributed by atoms with Crippen LogP contribution in [-0.2, 0) is 6.42 Å². The maximum atomic E-state index is 4.88. The molecule has 1 atom stereocenters. The van der Waals surface area contributed by atoms with Gasteiger partial charge in [-0.15, -0.1) is 13.2 Å². The van der Waals surface area contributed by atoms with Gasteiger partial charge in [0.15, 0.2) is 0 Å². The Hall–Kier alpha value is -1.67. The molecule has 2 nitrogen and oxygen atoms in total. The second kappa shape index (κ2) is 40.8. The molecule has 0 aliphatic carbocycles. The van der Waals surface area contributed by atoms with Crippen LogP contribution in [0.4, 0.5) is 0 Å². The van der Waals surface area contributed by atoms with Crippen molar-refractivity contribution in [1.29, 1.82) is 0 Å². The monoisotopic (exact) mass is 547 g/mol. The van der Waals surface area contributed by atoms with Crippen LogP contribution < -0.4 is 0 Å². The molecule has 2 heteroatoms. The van der Waals surface area contributed by atoms with E-state index in [2.05, 4.69) is 104 Å². The molecule has 1 heterocycles. The van der Waals surface area contributed by atoms with E-state index in [4.69, 9.17) is 4.99 Å².